The van der Waals surface area contributed by atoms with E-state index in [1.807, 2.05) is 0 Å². The molecule has 0 rings (SSSR count). The Hall–Kier alpha value is -0.880. The monoisotopic (exact) mass is 555 g/mol. The second-order valence-electron chi connectivity index (χ2n) is 12.6. The van der Waals surface area contributed by atoms with Gasteiger partial charge in [-0.3, -0.25) is 0 Å². The number of rotatable bonds is 31. The summed E-state index contributed by atoms with van der Waals surface area (Å²) >= 11 is 0. The second kappa shape index (κ2) is 38.1. The van der Waals surface area contributed by atoms with Gasteiger partial charge in [-0.1, -0.05) is 181 Å². The zero-order valence-corrected chi connectivity index (χ0v) is 28.0. The predicted octanol–water partition coefficient (Wildman–Crippen LogP) is 14.3. The van der Waals surface area contributed by atoms with E-state index in [0.29, 0.717) is 0 Å². The Morgan fingerprint density at radius 2 is 0.350 bits per heavy atom. The molecule has 0 N–H and O–H groups in total. The maximum Gasteiger partial charge on any atom is 0.00886 e. The third-order valence-corrected chi connectivity index (χ3v) is 8.41. The molecule has 0 heteroatoms. The summed E-state index contributed by atoms with van der Waals surface area (Å²) in [7, 11) is 0. The third kappa shape index (κ3) is 37.1. The maximum atomic E-state index is 3.42. The molecule has 0 atom stereocenters. The SMILES string of the molecule is CCCCCCCCCC#CCCCCCCCCCCCCCCCCCC#CCCCCCCCCCC. The first kappa shape index (κ1) is 39.1. The van der Waals surface area contributed by atoms with E-state index >= 15 is 0 Å². The third-order valence-electron chi connectivity index (χ3n) is 8.41. The Labute approximate surface area is 255 Å². The molecule has 234 valence electrons. The zero-order chi connectivity index (χ0) is 28.9. The van der Waals surface area contributed by atoms with Crippen LogP contribution in [0.25, 0.3) is 0 Å². The van der Waals surface area contributed by atoms with Crippen LogP contribution in [0.15, 0.2) is 0 Å². The average Bonchev–Trinajstić information content (AvgIpc) is 2.97. The van der Waals surface area contributed by atoms with Crippen molar-refractivity contribution >= 4 is 0 Å². The minimum absolute atomic E-state index is 1.13. The lowest BCUT2D eigenvalue weighted by atomic mass is 10.0. The van der Waals surface area contributed by atoms with E-state index in [-0.39, 0.29) is 0 Å². The molecule has 0 radical (unpaired) electrons. The minimum Gasteiger partial charge on any atom is -0.103 e. The van der Waals surface area contributed by atoms with Gasteiger partial charge in [0, 0.05) is 25.7 Å². The average molecular weight is 555 g/mol. The molecular formula is C40H74. The van der Waals surface area contributed by atoms with Gasteiger partial charge in [0.1, 0.15) is 0 Å². The highest BCUT2D eigenvalue weighted by atomic mass is 14.0. The number of unbranched alkanes of at least 4 members (excludes halogenated alkanes) is 31. The summed E-state index contributed by atoms with van der Waals surface area (Å²) in [6.07, 6.45) is 46.8. The summed E-state index contributed by atoms with van der Waals surface area (Å²) in [5.74, 6) is 13.6. The van der Waals surface area contributed by atoms with E-state index < -0.39 is 0 Å². The van der Waals surface area contributed by atoms with Gasteiger partial charge >= 0.3 is 0 Å². The Morgan fingerprint density at radius 1 is 0.200 bits per heavy atom. The Bertz CT molecular complexity index is 564. The van der Waals surface area contributed by atoms with Crippen molar-refractivity contribution in [2.75, 3.05) is 0 Å². The second-order valence-corrected chi connectivity index (χ2v) is 12.6. The maximum absolute atomic E-state index is 3.42. The topological polar surface area (TPSA) is 0 Å². The highest BCUT2D eigenvalue weighted by molar-refractivity contribution is 4.99. The van der Waals surface area contributed by atoms with Crippen molar-refractivity contribution in [3.05, 3.63) is 0 Å². The van der Waals surface area contributed by atoms with Gasteiger partial charge in [0.05, 0.1) is 0 Å². The fourth-order valence-electron chi connectivity index (χ4n) is 5.60. The van der Waals surface area contributed by atoms with Crippen molar-refractivity contribution in [3.63, 3.8) is 0 Å². The summed E-state index contributed by atoms with van der Waals surface area (Å²) in [6.45, 7) is 4.58. The van der Waals surface area contributed by atoms with Crippen LogP contribution in [0.5, 0.6) is 0 Å². The Balaban J connectivity index is 3.13. The molecule has 0 aliphatic rings. The van der Waals surface area contributed by atoms with Gasteiger partial charge in [-0.15, -0.1) is 23.7 Å². The minimum atomic E-state index is 1.13. The fraction of sp³-hybridized carbons (Fsp3) is 0.900. The lowest BCUT2D eigenvalue weighted by Gasteiger charge is -2.03. The quantitative estimate of drug-likeness (QED) is 0.0590. The van der Waals surface area contributed by atoms with Crippen LogP contribution in [0.2, 0.25) is 0 Å². The molecule has 0 spiro atoms. The molecule has 0 aromatic carbocycles. The molecule has 40 heavy (non-hydrogen) atoms. The number of hydrogen-bond acceptors (Lipinski definition) is 0. The highest BCUT2D eigenvalue weighted by Gasteiger charge is 1.95. The van der Waals surface area contributed by atoms with E-state index in [0.717, 1.165) is 25.7 Å². The van der Waals surface area contributed by atoms with Crippen molar-refractivity contribution in [2.45, 2.75) is 232 Å². The van der Waals surface area contributed by atoms with Crippen molar-refractivity contribution in [2.24, 2.45) is 0 Å². The normalized spacial score (nSPS) is 10.8. The zero-order valence-electron chi connectivity index (χ0n) is 28.0. The van der Waals surface area contributed by atoms with E-state index in [1.165, 1.54) is 193 Å². The van der Waals surface area contributed by atoms with E-state index in [9.17, 15) is 0 Å². The van der Waals surface area contributed by atoms with Crippen LogP contribution in [0.1, 0.15) is 232 Å². The molecule has 0 aromatic rings. The molecule has 0 aromatic heterocycles. The van der Waals surface area contributed by atoms with Crippen LogP contribution in [0, 0.1) is 23.7 Å². The summed E-state index contributed by atoms with van der Waals surface area (Å²) in [6, 6.07) is 0. The molecule has 0 amide bonds. The molecule has 0 heterocycles. The summed E-state index contributed by atoms with van der Waals surface area (Å²) in [5, 5.41) is 0. The number of hydrogen-bond donors (Lipinski definition) is 0. The molecular weight excluding hydrogens is 480 g/mol. The summed E-state index contributed by atoms with van der Waals surface area (Å²) in [4.78, 5) is 0. The van der Waals surface area contributed by atoms with E-state index in [2.05, 4.69) is 37.5 Å². The summed E-state index contributed by atoms with van der Waals surface area (Å²) < 4.78 is 0. The van der Waals surface area contributed by atoms with Gasteiger partial charge in [-0.25, -0.2) is 0 Å². The van der Waals surface area contributed by atoms with Crippen molar-refractivity contribution in [3.8, 4) is 23.7 Å². The molecule has 0 fully saturated rings. The van der Waals surface area contributed by atoms with Crippen LogP contribution >= 0.6 is 0 Å². The van der Waals surface area contributed by atoms with Crippen molar-refractivity contribution in [1.82, 2.24) is 0 Å². The van der Waals surface area contributed by atoms with Crippen LogP contribution in [-0.2, 0) is 0 Å². The molecule has 0 nitrogen and oxygen atoms in total. The first-order valence-electron chi connectivity index (χ1n) is 18.8. The van der Waals surface area contributed by atoms with Crippen LogP contribution in [0.3, 0.4) is 0 Å². The van der Waals surface area contributed by atoms with E-state index in [4.69, 9.17) is 0 Å². The first-order chi connectivity index (χ1) is 19.9. The molecule has 0 aliphatic heterocycles. The predicted molar refractivity (Wildman–Crippen MR) is 184 cm³/mol. The first-order valence-corrected chi connectivity index (χ1v) is 18.8. The Kier molecular flexibility index (Phi) is 37.3. The largest absolute Gasteiger partial charge is 0.103 e. The van der Waals surface area contributed by atoms with Gasteiger partial charge in [0.25, 0.3) is 0 Å². The van der Waals surface area contributed by atoms with Gasteiger partial charge in [0.15, 0.2) is 0 Å². The fourth-order valence-corrected chi connectivity index (χ4v) is 5.60. The molecule has 0 unspecified atom stereocenters. The smallest absolute Gasteiger partial charge is 0.00886 e. The Morgan fingerprint density at radius 3 is 0.525 bits per heavy atom. The standard InChI is InChI=1S/C40H74/c1-3-5-7-9-11-13-15-17-19-21-23-25-27-29-31-33-35-37-39-40-38-36-34-32-30-28-26-24-22-20-18-16-14-12-10-8-6-4-2/h3-19,24-40H2,1-2H3. The van der Waals surface area contributed by atoms with Crippen LogP contribution in [0.4, 0.5) is 0 Å². The van der Waals surface area contributed by atoms with Crippen LogP contribution in [-0.4, -0.2) is 0 Å². The molecule has 0 saturated carbocycles. The highest BCUT2D eigenvalue weighted by Crippen LogP contribution is 2.14. The van der Waals surface area contributed by atoms with Gasteiger partial charge in [-0.05, 0) is 25.7 Å². The summed E-state index contributed by atoms with van der Waals surface area (Å²) in [5.41, 5.74) is 0. The van der Waals surface area contributed by atoms with Gasteiger partial charge < -0.3 is 0 Å². The molecule has 0 aliphatic carbocycles. The van der Waals surface area contributed by atoms with Crippen LogP contribution < -0.4 is 0 Å². The van der Waals surface area contributed by atoms with Gasteiger partial charge in [-0.2, -0.15) is 0 Å². The van der Waals surface area contributed by atoms with E-state index in [1.54, 1.807) is 0 Å². The molecule has 0 bridgehead atoms. The van der Waals surface area contributed by atoms with Crippen molar-refractivity contribution in [1.29, 1.82) is 0 Å². The lowest BCUT2D eigenvalue weighted by molar-refractivity contribution is 0.532. The van der Waals surface area contributed by atoms with Crippen molar-refractivity contribution < 1.29 is 0 Å². The lowest BCUT2D eigenvalue weighted by Crippen LogP contribution is -1.83. The van der Waals surface area contributed by atoms with Gasteiger partial charge in [0.2, 0.25) is 0 Å². The molecule has 0 saturated heterocycles.